The number of hydrogen-bond acceptors (Lipinski definition) is 5. The first-order valence-electron chi connectivity index (χ1n) is 14.9. The van der Waals surface area contributed by atoms with Crippen molar-refractivity contribution < 1.29 is 23.8 Å². The highest BCUT2D eigenvalue weighted by Crippen LogP contribution is 2.47. The maximum atomic E-state index is 15.7. The smallest absolute Gasteiger partial charge is 0.335 e. The van der Waals surface area contributed by atoms with Gasteiger partial charge in [0, 0.05) is 48.2 Å². The molecule has 2 atom stereocenters. The Morgan fingerprint density at radius 3 is 2.65 bits per heavy atom. The van der Waals surface area contributed by atoms with Gasteiger partial charge in [0.2, 0.25) is 5.91 Å². The number of carbonyl (C=O) groups excluding carboxylic acids is 1. The lowest BCUT2D eigenvalue weighted by atomic mass is 9.80. The van der Waals surface area contributed by atoms with Crippen molar-refractivity contribution in [2.75, 3.05) is 27.2 Å². The molecule has 0 bridgehead atoms. The number of hydrogen-bond donors (Lipinski definition) is 1. The summed E-state index contributed by atoms with van der Waals surface area (Å²) in [6, 6.07) is 16.7. The molecule has 1 aliphatic carbocycles. The number of aromatic carboxylic acids is 1. The highest BCUT2D eigenvalue weighted by molar-refractivity contribution is 5.98. The van der Waals surface area contributed by atoms with Crippen LogP contribution < -0.4 is 4.74 Å². The Balaban J connectivity index is 1.53. The van der Waals surface area contributed by atoms with E-state index in [1.54, 1.807) is 18.3 Å². The fourth-order valence-corrected chi connectivity index (χ4v) is 6.57. The number of benzene rings is 2. The molecule has 1 aliphatic heterocycles. The average Bonchev–Trinajstić information content (AvgIpc) is 3.29. The van der Waals surface area contributed by atoms with Gasteiger partial charge >= 0.3 is 5.97 Å². The molecule has 6 rings (SSSR count). The van der Waals surface area contributed by atoms with E-state index in [-0.39, 0.29) is 23.9 Å². The third-order valence-electron chi connectivity index (χ3n) is 8.61. The molecule has 8 nitrogen and oxygen atoms in total. The number of halogens is 1. The van der Waals surface area contributed by atoms with Crippen LogP contribution in [0.5, 0.6) is 5.75 Å². The summed E-state index contributed by atoms with van der Waals surface area (Å²) in [5, 5.41) is 10.7. The highest BCUT2D eigenvalue weighted by Gasteiger charge is 2.34. The number of likely N-dealkylation sites (N-methyl/N-ethyl adjacent to an activating group) is 1. The summed E-state index contributed by atoms with van der Waals surface area (Å²) in [4.78, 5) is 33.4. The van der Waals surface area contributed by atoms with Gasteiger partial charge in [0.05, 0.1) is 23.5 Å². The molecule has 2 aromatic heterocycles. The van der Waals surface area contributed by atoms with E-state index >= 15 is 4.39 Å². The van der Waals surface area contributed by atoms with E-state index in [4.69, 9.17) is 4.74 Å². The van der Waals surface area contributed by atoms with E-state index in [2.05, 4.69) is 9.55 Å². The van der Waals surface area contributed by atoms with Crippen LogP contribution in [-0.4, -0.2) is 69.7 Å². The van der Waals surface area contributed by atoms with Crippen LogP contribution in [0.4, 0.5) is 4.39 Å². The van der Waals surface area contributed by atoms with Gasteiger partial charge in [-0.2, -0.15) is 0 Å². The fourth-order valence-electron chi connectivity index (χ4n) is 6.57. The molecular weight excluding hydrogens is 547 g/mol. The summed E-state index contributed by atoms with van der Waals surface area (Å²) < 4.78 is 24.0. The molecule has 0 saturated heterocycles. The van der Waals surface area contributed by atoms with Crippen molar-refractivity contribution in [3.05, 3.63) is 83.2 Å². The first kappa shape index (κ1) is 28.9. The van der Waals surface area contributed by atoms with Crippen LogP contribution in [0, 0.1) is 0 Å². The third-order valence-corrected chi connectivity index (χ3v) is 8.61. The van der Waals surface area contributed by atoms with Gasteiger partial charge in [0.1, 0.15) is 18.5 Å². The first-order valence-corrected chi connectivity index (χ1v) is 14.9. The molecule has 0 unspecified atom stereocenters. The van der Waals surface area contributed by atoms with Gasteiger partial charge < -0.3 is 24.2 Å². The van der Waals surface area contributed by atoms with Crippen LogP contribution >= 0.6 is 0 Å². The quantitative estimate of drug-likeness (QED) is 0.292. The lowest BCUT2D eigenvalue weighted by molar-refractivity contribution is -0.132. The van der Waals surface area contributed by atoms with E-state index in [0.29, 0.717) is 38.4 Å². The van der Waals surface area contributed by atoms with E-state index in [1.165, 1.54) is 0 Å². The zero-order chi connectivity index (χ0) is 30.1. The Morgan fingerprint density at radius 2 is 1.91 bits per heavy atom. The summed E-state index contributed by atoms with van der Waals surface area (Å²) in [7, 11) is 3.74. The molecule has 1 amide bonds. The van der Waals surface area contributed by atoms with Gasteiger partial charge in [-0.25, -0.2) is 9.18 Å². The molecule has 1 saturated carbocycles. The number of fused-ring (bicyclic) bond motifs is 5. The van der Waals surface area contributed by atoms with Crippen LogP contribution in [0.1, 0.15) is 58.8 Å². The molecule has 1 fully saturated rings. The second kappa shape index (κ2) is 12.2. The number of carbonyl (C=O) groups is 2. The van der Waals surface area contributed by atoms with Gasteiger partial charge in [-0.05, 0) is 80.5 Å². The summed E-state index contributed by atoms with van der Waals surface area (Å²) in [6.45, 7) is 1.85. The Hall–Kier alpha value is -4.24. The normalized spacial score (nSPS) is 18.6. The third kappa shape index (κ3) is 5.86. The molecule has 1 N–H and O–H groups in total. The maximum Gasteiger partial charge on any atom is 0.335 e. The van der Waals surface area contributed by atoms with Gasteiger partial charge in [0.25, 0.3) is 0 Å². The van der Waals surface area contributed by atoms with Crippen LogP contribution in [-0.2, 0) is 24.5 Å². The number of carboxylic acid groups (broad SMARTS) is 1. The predicted molar refractivity (Wildman–Crippen MR) is 163 cm³/mol. The summed E-state index contributed by atoms with van der Waals surface area (Å²) >= 11 is 0. The molecule has 4 aromatic rings. The molecule has 3 heterocycles. The van der Waals surface area contributed by atoms with Crippen LogP contribution in [0.2, 0.25) is 0 Å². The molecule has 0 radical (unpaired) electrons. The minimum atomic E-state index is -1.01. The monoisotopic (exact) mass is 584 g/mol. The highest BCUT2D eigenvalue weighted by atomic mass is 19.1. The lowest BCUT2D eigenvalue weighted by Gasteiger charge is -2.31. The van der Waals surface area contributed by atoms with Crippen molar-refractivity contribution in [2.24, 2.45) is 0 Å². The van der Waals surface area contributed by atoms with Crippen molar-refractivity contribution >= 4 is 22.8 Å². The molecule has 0 spiro atoms. The van der Waals surface area contributed by atoms with Crippen molar-refractivity contribution in [2.45, 2.75) is 57.5 Å². The van der Waals surface area contributed by atoms with Crippen molar-refractivity contribution in [1.29, 1.82) is 0 Å². The topological polar surface area (TPSA) is 87.9 Å². The Morgan fingerprint density at radius 1 is 1.07 bits per heavy atom. The van der Waals surface area contributed by atoms with Gasteiger partial charge in [-0.15, -0.1) is 0 Å². The predicted octanol–water partition coefficient (Wildman–Crippen LogP) is 5.88. The van der Waals surface area contributed by atoms with E-state index in [1.807, 2.05) is 66.4 Å². The minimum Gasteiger partial charge on any atom is -0.487 e. The zero-order valence-electron chi connectivity index (χ0n) is 24.6. The number of ether oxygens (including phenoxy) is 1. The first-order chi connectivity index (χ1) is 20.8. The number of alkyl halides is 1. The van der Waals surface area contributed by atoms with Gasteiger partial charge in [-0.1, -0.05) is 25.0 Å². The van der Waals surface area contributed by atoms with Crippen molar-refractivity contribution in [3.8, 4) is 17.0 Å². The number of carboxylic acids is 1. The zero-order valence-corrected chi connectivity index (χ0v) is 24.6. The SMILES string of the molecule is CN(C)CC(=O)N1CCn2c(c([C@@H]3CCCC[C@H]3F)c3ccc(C(=O)O)cc32)-c2ccc(OCc3ccccn3)cc2C1. The van der Waals surface area contributed by atoms with Crippen LogP contribution in [0.25, 0.3) is 22.2 Å². The summed E-state index contributed by atoms with van der Waals surface area (Å²) in [5.74, 6) is -0.646. The molecule has 2 aliphatic rings. The summed E-state index contributed by atoms with van der Waals surface area (Å²) in [5.41, 5.74) is 5.41. The van der Waals surface area contributed by atoms with Crippen LogP contribution in [0.3, 0.4) is 0 Å². The molecule has 2 aromatic carbocycles. The Kier molecular flexibility index (Phi) is 8.17. The molecule has 43 heavy (non-hydrogen) atoms. The standard InChI is InChI=1S/C34H37FN4O4/c1-37(2)20-31(40)38-15-16-39-30-18-22(34(41)42)10-12-28(30)32(27-8-3-4-9-29(27)35)33(39)26-13-11-25(17-23(26)19-38)43-21-24-7-5-6-14-36-24/h5-7,10-14,17-18,27,29H,3-4,8-9,15-16,19-21H2,1-2H3,(H,41,42)/t27-,29-/m1/s1. The second-order valence-electron chi connectivity index (χ2n) is 11.8. The number of amides is 1. The van der Waals surface area contributed by atoms with E-state index < -0.39 is 12.1 Å². The second-order valence-corrected chi connectivity index (χ2v) is 11.8. The van der Waals surface area contributed by atoms with Crippen molar-refractivity contribution in [1.82, 2.24) is 19.4 Å². The molecular formula is C34H37FN4O4. The molecule has 9 heteroatoms. The Bertz CT molecular complexity index is 1650. The number of pyridine rings is 1. The number of rotatable bonds is 7. The number of aromatic nitrogens is 2. The largest absolute Gasteiger partial charge is 0.487 e. The summed E-state index contributed by atoms with van der Waals surface area (Å²) in [6.07, 6.45) is 3.82. The minimum absolute atomic E-state index is 0.00165. The van der Waals surface area contributed by atoms with Crippen LogP contribution in [0.15, 0.2) is 60.8 Å². The fraction of sp³-hybridized carbons (Fsp3) is 0.382. The van der Waals surface area contributed by atoms with Crippen molar-refractivity contribution in [3.63, 3.8) is 0 Å². The van der Waals surface area contributed by atoms with E-state index in [0.717, 1.165) is 58.2 Å². The maximum absolute atomic E-state index is 15.7. The van der Waals surface area contributed by atoms with Gasteiger partial charge in [-0.3, -0.25) is 9.78 Å². The molecule has 224 valence electrons. The lowest BCUT2D eigenvalue weighted by Crippen LogP contribution is -2.40. The van der Waals surface area contributed by atoms with E-state index in [9.17, 15) is 14.7 Å². The Labute approximate surface area is 250 Å². The average molecular weight is 585 g/mol. The van der Waals surface area contributed by atoms with Gasteiger partial charge in [0.15, 0.2) is 0 Å². The number of nitrogens with zero attached hydrogens (tertiary/aromatic N) is 4.